The minimum absolute atomic E-state index is 0.0181. The Labute approximate surface area is 244 Å². The molecule has 3 heterocycles. The fourth-order valence-corrected chi connectivity index (χ4v) is 11.2. The van der Waals surface area contributed by atoms with Crippen molar-refractivity contribution in [2.75, 3.05) is 30.3 Å². The number of carbonyl (C=O) groups is 1. The second kappa shape index (κ2) is 12.7. The SMILES string of the molecule is N[C@H](C(=O)C[C@H]1CCC[C@@H]1CC[C@H]1CN[C@@H]2CCCS(=O)(=O)N1C2)[C@@H](c1ccc(Cl)cc1)C1CCS(=O)(=O)CC1. The molecule has 3 N–H and O–H groups in total. The number of Topliss-reactive ketones (excluding diaryl/α,β-unsaturated/α-hetero) is 1. The van der Waals surface area contributed by atoms with Gasteiger partial charge in [-0.2, -0.15) is 4.31 Å². The predicted molar refractivity (Wildman–Crippen MR) is 159 cm³/mol. The normalized spacial score (nSPS) is 33.6. The van der Waals surface area contributed by atoms with Gasteiger partial charge >= 0.3 is 0 Å². The van der Waals surface area contributed by atoms with E-state index in [-0.39, 0.29) is 52.9 Å². The molecule has 1 unspecified atom stereocenters. The van der Waals surface area contributed by atoms with Crippen LogP contribution in [-0.4, -0.2) is 75.4 Å². The van der Waals surface area contributed by atoms with Crippen LogP contribution in [0.4, 0.5) is 0 Å². The molecule has 1 saturated carbocycles. The lowest BCUT2D eigenvalue weighted by Gasteiger charge is -2.38. The van der Waals surface area contributed by atoms with Gasteiger partial charge in [0.05, 0.1) is 23.3 Å². The molecular formula is C29H44ClN3O5S2. The molecule has 40 heavy (non-hydrogen) atoms. The number of carbonyl (C=O) groups excluding carboxylic acids is 1. The van der Waals surface area contributed by atoms with E-state index >= 15 is 0 Å². The Balaban J connectivity index is 1.23. The first kappa shape index (κ1) is 30.4. The molecule has 1 aliphatic carbocycles. The molecule has 3 aliphatic heterocycles. The Morgan fingerprint density at radius 1 is 0.950 bits per heavy atom. The van der Waals surface area contributed by atoms with Crippen LogP contribution < -0.4 is 11.1 Å². The molecule has 5 rings (SSSR count). The fourth-order valence-electron chi connectivity index (χ4n) is 7.73. The summed E-state index contributed by atoms with van der Waals surface area (Å²) in [7, 11) is -6.24. The summed E-state index contributed by atoms with van der Waals surface area (Å²) < 4.78 is 51.7. The summed E-state index contributed by atoms with van der Waals surface area (Å²) in [6.07, 6.45) is 7.92. The summed E-state index contributed by atoms with van der Waals surface area (Å²) in [5.41, 5.74) is 7.67. The van der Waals surface area contributed by atoms with Gasteiger partial charge in [0.15, 0.2) is 0 Å². The number of benzene rings is 1. The highest BCUT2D eigenvalue weighted by Crippen LogP contribution is 2.41. The van der Waals surface area contributed by atoms with Crippen LogP contribution >= 0.6 is 11.6 Å². The number of fused-ring (bicyclic) bond motifs is 2. The van der Waals surface area contributed by atoms with E-state index in [1.165, 1.54) is 0 Å². The van der Waals surface area contributed by atoms with Gasteiger partial charge in [0.2, 0.25) is 10.0 Å². The zero-order valence-electron chi connectivity index (χ0n) is 23.2. The van der Waals surface area contributed by atoms with E-state index in [9.17, 15) is 21.6 Å². The van der Waals surface area contributed by atoms with Crippen molar-refractivity contribution < 1.29 is 21.6 Å². The van der Waals surface area contributed by atoms with Gasteiger partial charge in [0.25, 0.3) is 0 Å². The minimum atomic E-state index is -3.21. The number of nitrogens with one attached hydrogen (secondary N) is 1. The molecule has 0 radical (unpaired) electrons. The van der Waals surface area contributed by atoms with Crippen molar-refractivity contribution in [3.05, 3.63) is 34.9 Å². The topological polar surface area (TPSA) is 127 Å². The molecule has 7 atom stereocenters. The summed E-state index contributed by atoms with van der Waals surface area (Å²) in [5, 5.41) is 4.17. The zero-order valence-corrected chi connectivity index (χ0v) is 25.6. The van der Waals surface area contributed by atoms with Gasteiger partial charge in [-0.1, -0.05) is 36.6 Å². The second-order valence-electron chi connectivity index (χ2n) is 12.6. The lowest BCUT2D eigenvalue weighted by atomic mass is 9.75. The quantitative estimate of drug-likeness (QED) is 0.436. The van der Waals surface area contributed by atoms with E-state index in [1.54, 1.807) is 16.4 Å². The average molecular weight is 614 g/mol. The first-order valence-electron chi connectivity index (χ1n) is 15.0. The van der Waals surface area contributed by atoms with Crippen molar-refractivity contribution in [3.63, 3.8) is 0 Å². The van der Waals surface area contributed by atoms with Gasteiger partial charge < -0.3 is 11.1 Å². The highest BCUT2D eigenvalue weighted by Gasteiger charge is 2.41. The number of rotatable bonds is 9. The summed E-state index contributed by atoms with van der Waals surface area (Å²) in [5.74, 6) is 0.979. The van der Waals surface area contributed by atoms with Crippen LogP contribution in [0.25, 0.3) is 0 Å². The van der Waals surface area contributed by atoms with Crippen LogP contribution in [0.15, 0.2) is 24.3 Å². The first-order valence-corrected chi connectivity index (χ1v) is 18.8. The highest BCUT2D eigenvalue weighted by molar-refractivity contribution is 7.91. The van der Waals surface area contributed by atoms with Crippen LogP contribution in [-0.2, 0) is 24.7 Å². The fraction of sp³-hybridized carbons (Fsp3) is 0.759. The van der Waals surface area contributed by atoms with Crippen molar-refractivity contribution >= 4 is 37.2 Å². The molecule has 4 fully saturated rings. The van der Waals surface area contributed by atoms with Gasteiger partial charge in [-0.25, -0.2) is 16.8 Å². The maximum atomic E-state index is 13.7. The van der Waals surface area contributed by atoms with Gasteiger partial charge in [-0.3, -0.25) is 4.79 Å². The Morgan fingerprint density at radius 3 is 2.38 bits per heavy atom. The third kappa shape index (κ3) is 7.11. The Hall–Kier alpha value is -1.04. The number of halogens is 1. The van der Waals surface area contributed by atoms with Gasteiger partial charge in [0, 0.05) is 42.5 Å². The molecule has 3 saturated heterocycles. The molecular weight excluding hydrogens is 570 g/mol. The number of hydrogen-bond acceptors (Lipinski definition) is 7. The molecule has 2 bridgehead atoms. The van der Waals surface area contributed by atoms with Crippen LogP contribution in [0, 0.1) is 17.8 Å². The lowest BCUT2D eigenvalue weighted by Crippen LogP contribution is -2.57. The van der Waals surface area contributed by atoms with Crippen LogP contribution in [0.3, 0.4) is 0 Å². The minimum Gasteiger partial charge on any atom is -0.321 e. The van der Waals surface area contributed by atoms with E-state index in [0.717, 1.165) is 44.1 Å². The molecule has 1 aromatic rings. The number of nitrogens with zero attached hydrogens (tertiary/aromatic N) is 1. The van der Waals surface area contributed by atoms with E-state index < -0.39 is 25.9 Å². The highest BCUT2D eigenvalue weighted by atomic mass is 35.5. The predicted octanol–water partition coefficient (Wildman–Crippen LogP) is 3.50. The summed E-state index contributed by atoms with van der Waals surface area (Å²) in [6.45, 7) is 1.27. The number of ketones is 1. The molecule has 0 amide bonds. The maximum absolute atomic E-state index is 13.7. The van der Waals surface area contributed by atoms with Gasteiger partial charge in [0.1, 0.15) is 15.6 Å². The lowest BCUT2D eigenvalue weighted by molar-refractivity contribution is -0.122. The zero-order chi connectivity index (χ0) is 28.5. The van der Waals surface area contributed by atoms with Gasteiger partial charge in [-0.15, -0.1) is 0 Å². The van der Waals surface area contributed by atoms with Crippen molar-refractivity contribution in [2.45, 2.75) is 88.3 Å². The molecule has 224 valence electrons. The molecule has 1 aromatic carbocycles. The standard InChI is InChI=1S/C29H44ClN3O5S2/c30-24-9-6-21(7-10-24)28(22-12-15-39(35,36)16-13-22)29(31)27(34)17-23-4-1-3-20(23)8-11-26-18-32-25-5-2-14-40(37,38)33(26)19-25/h6-7,9-10,20,22-23,25-26,28-29,32H,1-5,8,11-19,31H2/t20-,23-,25-,26+,28+,29-/m1/s1. The summed E-state index contributed by atoms with van der Waals surface area (Å²) in [6, 6.07) is 6.99. The van der Waals surface area contributed by atoms with E-state index in [4.69, 9.17) is 17.3 Å². The van der Waals surface area contributed by atoms with E-state index in [1.807, 2.05) is 12.1 Å². The molecule has 0 spiro atoms. The van der Waals surface area contributed by atoms with Gasteiger partial charge in [-0.05, 0) is 80.4 Å². The van der Waals surface area contributed by atoms with Crippen molar-refractivity contribution in [3.8, 4) is 0 Å². The largest absolute Gasteiger partial charge is 0.321 e. The second-order valence-corrected chi connectivity index (χ2v) is 17.4. The number of sulfonamides is 1. The van der Waals surface area contributed by atoms with Crippen molar-refractivity contribution in [1.82, 2.24) is 9.62 Å². The average Bonchev–Trinajstić information content (AvgIpc) is 3.31. The summed E-state index contributed by atoms with van der Waals surface area (Å²) in [4.78, 5) is 13.7. The number of hydrogen-bond donors (Lipinski definition) is 2. The van der Waals surface area contributed by atoms with E-state index in [2.05, 4.69) is 5.32 Å². The smallest absolute Gasteiger partial charge is 0.214 e. The number of nitrogens with two attached hydrogens (primary N) is 1. The molecule has 0 aromatic heterocycles. The Morgan fingerprint density at radius 2 is 1.65 bits per heavy atom. The van der Waals surface area contributed by atoms with Crippen LogP contribution in [0.5, 0.6) is 0 Å². The van der Waals surface area contributed by atoms with Crippen LogP contribution in [0.2, 0.25) is 5.02 Å². The van der Waals surface area contributed by atoms with E-state index in [0.29, 0.717) is 49.7 Å². The first-order chi connectivity index (χ1) is 19.0. The van der Waals surface area contributed by atoms with Crippen molar-refractivity contribution in [1.29, 1.82) is 0 Å². The molecule has 4 aliphatic rings. The number of sulfone groups is 1. The summed E-state index contributed by atoms with van der Waals surface area (Å²) >= 11 is 6.13. The Kier molecular flexibility index (Phi) is 9.64. The Bertz CT molecular complexity index is 1240. The third-order valence-corrected chi connectivity index (χ3v) is 14.0. The monoisotopic (exact) mass is 613 g/mol. The van der Waals surface area contributed by atoms with Crippen molar-refractivity contribution in [2.24, 2.45) is 23.5 Å². The maximum Gasteiger partial charge on any atom is 0.214 e. The third-order valence-electron chi connectivity index (χ3n) is 10.0. The number of piperazine rings is 1. The molecule has 11 heteroatoms. The van der Waals surface area contributed by atoms with Crippen LogP contribution in [0.1, 0.15) is 75.7 Å². The molecule has 8 nitrogen and oxygen atoms in total.